The summed E-state index contributed by atoms with van der Waals surface area (Å²) in [6.07, 6.45) is 0. The molecule has 1 amide bonds. The Hall–Kier alpha value is -1.88. The maximum atomic E-state index is 10.7. The molecule has 70 valence electrons. The Labute approximate surface area is 74.8 Å². The number of carbonyl (C=O) groups is 2. The molecule has 5 nitrogen and oxygen atoms in total. The van der Waals surface area contributed by atoms with Crippen LogP contribution in [0.25, 0.3) is 0 Å². The molecule has 0 spiro atoms. The number of benzene rings is 1. The first-order valence-corrected chi connectivity index (χ1v) is 3.25. The molecular formula is C8H11N2O3+. The minimum absolute atomic E-state index is 0. The standard InChI is InChI=1S/C8H7NO3.H3N/c9-7(10)5-3-1-2-4-6(5)8(11)12;/h1-4H,(H2,9,10)(H,11,12);1H3/p+1. The lowest BCUT2D eigenvalue weighted by molar-refractivity contribution is 0.0692. The van der Waals surface area contributed by atoms with E-state index in [4.69, 9.17) is 10.8 Å². The zero-order valence-corrected chi connectivity index (χ0v) is 7.15. The lowest BCUT2D eigenvalue weighted by atomic mass is 10.1. The van der Waals surface area contributed by atoms with Crippen molar-refractivity contribution in [3.63, 3.8) is 0 Å². The molecular weight excluding hydrogens is 172 g/mol. The summed E-state index contributed by atoms with van der Waals surface area (Å²) in [6.45, 7) is 0. The number of carboxylic acids is 1. The van der Waals surface area contributed by atoms with Crippen LogP contribution in [0.2, 0.25) is 0 Å². The van der Waals surface area contributed by atoms with E-state index in [1.54, 1.807) is 6.07 Å². The number of aromatic carboxylic acids is 1. The van der Waals surface area contributed by atoms with Crippen molar-refractivity contribution in [2.24, 2.45) is 5.73 Å². The predicted octanol–water partition coefficient (Wildman–Crippen LogP) is 0.860. The zero-order valence-electron chi connectivity index (χ0n) is 7.15. The number of nitrogens with two attached hydrogens (primary N) is 1. The maximum absolute atomic E-state index is 10.7. The lowest BCUT2D eigenvalue weighted by Crippen LogP contribution is -2.15. The smallest absolute Gasteiger partial charge is 0.336 e. The van der Waals surface area contributed by atoms with E-state index in [1.165, 1.54) is 18.2 Å². The van der Waals surface area contributed by atoms with Crippen molar-refractivity contribution in [1.82, 2.24) is 6.15 Å². The van der Waals surface area contributed by atoms with Gasteiger partial charge < -0.3 is 17.0 Å². The highest BCUT2D eigenvalue weighted by Gasteiger charge is 2.11. The van der Waals surface area contributed by atoms with Gasteiger partial charge in [0, 0.05) is 0 Å². The molecule has 7 N–H and O–H groups in total. The average Bonchev–Trinajstić information content (AvgIpc) is 2.04. The van der Waals surface area contributed by atoms with Crippen molar-refractivity contribution >= 4 is 11.9 Å². The fraction of sp³-hybridized carbons (Fsp3) is 0. The van der Waals surface area contributed by atoms with Crippen LogP contribution in [0.4, 0.5) is 0 Å². The van der Waals surface area contributed by atoms with Gasteiger partial charge in [-0.1, -0.05) is 12.1 Å². The van der Waals surface area contributed by atoms with Crippen molar-refractivity contribution in [3.8, 4) is 0 Å². The SMILES string of the molecule is NC(=O)c1ccccc1C(=O)O.[NH4+]. The molecule has 5 heteroatoms. The van der Waals surface area contributed by atoms with Gasteiger partial charge in [-0.25, -0.2) is 4.79 Å². The van der Waals surface area contributed by atoms with Crippen LogP contribution in [0, 0.1) is 0 Å². The van der Waals surface area contributed by atoms with Gasteiger partial charge in [-0.2, -0.15) is 0 Å². The van der Waals surface area contributed by atoms with Gasteiger partial charge in [-0.15, -0.1) is 0 Å². The van der Waals surface area contributed by atoms with Crippen molar-refractivity contribution < 1.29 is 14.7 Å². The Morgan fingerprint density at radius 1 is 1.15 bits per heavy atom. The normalized spacial score (nSPS) is 8.62. The van der Waals surface area contributed by atoms with Gasteiger partial charge in [0.1, 0.15) is 0 Å². The van der Waals surface area contributed by atoms with E-state index in [9.17, 15) is 9.59 Å². The van der Waals surface area contributed by atoms with Crippen molar-refractivity contribution in [2.45, 2.75) is 0 Å². The molecule has 0 atom stereocenters. The highest BCUT2D eigenvalue weighted by atomic mass is 16.4. The van der Waals surface area contributed by atoms with Crippen molar-refractivity contribution in [1.29, 1.82) is 0 Å². The monoisotopic (exact) mass is 183 g/mol. The number of amides is 1. The Kier molecular flexibility index (Phi) is 3.61. The number of carbonyl (C=O) groups excluding carboxylic acids is 1. The maximum Gasteiger partial charge on any atom is 0.336 e. The zero-order chi connectivity index (χ0) is 9.14. The summed E-state index contributed by atoms with van der Waals surface area (Å²) in [7, 11) is 0. The first kappa shape index (κ1) is 11.1. The number of carboxylic acid groups (broad SMARTS) is 1. The molecule has 0 aliphatic carbocycles. The van der Waals surface area contributed by atoms with Gasteiger partial charge >= 0.3 is 5.97 Å². The molecule has 0 unspecified atom stereocenters. The average molecular weight is 183 g/mol. The van der Waals surface area contributed by atoms with Crippen LogP contribution in [0.3, 0.4) is 0 Å². The van der Waals surface area contributed by atoms with Crippen LogP contribution in [0.1, 0.15) is 20.7 Å². The summed E-state index contributed by atoms with van der Waals surface area (Å²) < 4.78 is 0. The fourth-order valence-corrected chi connectivity index (χ4v) is 0.884. The second kappa shape index (κ2) is 4.22. The van der Waals surface area contributed by atoms with Gasteiger partial charge in [0.05, 0.1) is 11.1 Å². The second-order valence-electron chi connectivity index (χ2n) is 2.21. The van der Waals surface area contributed by atoms with E-state index in [2.05, 4.69) is 0 Å². The number of hydrogen-bond donors (Lipinski definition) is 3. The third-order valence-electron chi connectivity index (χ3n) is 1.42. The minimum atomic E-state index is -1.15. The molecule has 1 aromatic rings. The molecule has 0 saturated heterocycles. The van der Waals surface area contributed by atoms with E-state index < -0.39 is 11.9 Å². The van der Waals surface area contributed by atoms with Crippen LogP contribution >= 0.6 is 0 Å². The van der Waals surface area contributed by atoms with Gasteiger partial charge in [0.15, 0.2) is 0 Å². The highest BCUT2D eigenvalue weighted by Crippen LogP contribution is 2.06. The molecule has 0 fully saturated rings. The number of primary amides is 1. The number of hydrogen-bond acceptors (Lipinski definition) is 2. The largest absolute Gasteiger partial charge is 0.478 e. The van der Waals surface area contributed by atoms with Gasteiger partial charge in [-0.3, -0.25) is 4.79 Å². The molecule has 1 aromatic carbocycles. The van der Waals surface area contributed by atoms with Gasteiger partial charge in [-0.05, 0) is 12.1 Å². The molecule has 13 heavy (non-hydrogen) atoms. The Balaban J connectivity index is 0.00000144. The third-order valence-corrected chi connectivity index (χ3v) is 1.42. The predicted molar refractivity (Wildman–Crippen MR) is 47.9 cm³/mol. The first-order valence-electron chi connectivity index (χ1n) is 3.25. The Morgan fingerprint density at radius 3 is 1.92 bits per heavy atom. The Bertz CT molecular complexity index is 303. The summed E-state index contributed by atoms with van der Waals surface area (Å²) in [5.41, 5.74) is 4.92. The van der Waals surface area contributed by atoms with Crippen LogP contribution in [0.15, 0.2) is 24.3 Å². The van der Waals surface area contributed by atoms with E-state index in [1.807, 2.05) is 0 Å². The summed E-state index contributed by atoms with van der Waals surface area (Å²) in [5.74, 6) is -1.88. The van der Waals surface area contributed by atoms with Gasteiger partial charge in [0.2, 0.25) is 5.91 Å². The molecule has 0 aliphatic rings. The van der Waals surface area contributed by atoms with Gasteiger partial charge in [0.25, 0.3) is 0 Å². The van der Waals surface area contributed by atoms with E-state index >= 15 is 0 Å². The number of quaternary nitrogens is 1. The fourth-order valence-electron chi connectivity index (χ4n) is 0.884. The van der Waals surface area contributed by atoms with E-state index in [0.29, 0.717) is 0 Å². The number of rotatable bonds is 2. The van der Waals surface area contributed by atoms with Crippen molar-refractivity contribution in [2.75, 3.05) is 0 Å². The summed E-state index contributed by atoms with van der Waals surface area (Å²) in [5, 5.41) is 8.61. The van der Waals surface area contributed by atoms with E-state index in [-0.39, 0.29) is 17.3 Å². The molecule has 0 aliphatic heterocycles. The Morgan fingerprint density at radius 2 is 1.62 bits per heavy atom. The molecule has 0 heterocycles. The van der Waals surface area contributed by atoms with Crippen LogP contribution in [0.5, 0.6) is 0 Å². The lowest BCUT2D eigenvalue weighted by Gasteiger charge is -1.99. The van der Waals surface area contributed by atoms with E-state index in [0.717, 1.165) is 0 Å². The van der Waals surface area contributed by atoms with Crippen LogP contribution in [-0.4, -0.2) is 17.0 Å². The topological polar surface area (TPSA) is 117 Å². The van der Waals surface area contributed by atoms with Crippen molar-refractivity contribution in [3.05, 3.63) is 35.4 Å². The molecule has 0 aromatic heterocycles. The molecule has 1 rings (SSSR count). The molecule has 0 radical (unpaired) electrons. The molecule has 0 bridgehead atoms. The summed E-state index contributed by atoms with van der Waals surface area (Å²) >= 11 is 0. The quantitative estimate of drug-likeness (QED) is 0.631. The third kappa shape index (κ3) is 2.28. The summed E-state index contributed by atoms with van der Waals surface area (Å²) in [6, 6.07) is 5.82. The second-order valence-corrected chi connectivity index (χ2v) is 2.21. The first-order chi connectivity index (χ1) is 5.63. The minimum Gasteiger partial charge on any atom is -0.478 e. The molecule has 0 saturated carbocycles. The summed E-state index contributed by atoms with van der Waals surface area (Å²) in [4.78, 5) is 21.2. The van der Waals surface area contributed by atoms with Crippen LogP contribution in [-0.2, 0) is 0 Å². The highest BCUT2D eigenvalue weighted by molar-refractivity contribution is 6.03. The van der Waals surface area contributed by atoms with Crippen LogP contribution < -0.4 is 11.9 Å².